The summed E-state index contributed by atoms with van der Waals surface area (Å²) in [5, 5.41) is 12.6. The summed E-state index contributed by atoms with van der Waals surface area (Å²) < 4.78 is 0. The fourth-order valence-corrected chi connectivity index (χ4v) is 1.51. The average molecular weight is 252 g/mol. The Morgan fingerprint density at radius 2 is 2.24 bits per heavy atom. The number of amides is 1. The van der Waals surface area contributed by atoms with E-state index in [1.54, 1.807) is 6.07 Å². The van der Waals surface area contributed by atoms with Gasteiger partial charge in [0.15, 0.2) is 0 Å². The zero-order valence-corrected chi connectivity index (χ0v) is 10.1. The van der Waals surface area contributed by atoms with Gasteiger partial charge in [0.1, 0.15) is 5.75 Å². The van der Waals surface area contributed by atoms with Gasteiger partial charge in [-0.1, -0.05) is 11.6 Å². The molecule has 1 rings (SSSR count). The van der Waals surface area contributed by atoms with Crippen LogP contribution in [0, 0.1) is 12.3 Å². The number of carbonyl (C=O) groups is 1. The number of phenols is 1. The molecule has 0 spiro atoms. The SMILES string of the molecule is C#CCCCCNC(=O)c1ccc(Cl)cc1O. The fourth-order valence-electron chi connectivity index (χ4n) is 1.35. The molecule has 0 aliphatic heterocycles. The Kier molecular flexibility index (Phi) is 5.38. The molecule has 2 N–H and O–H groups in total. The van der Waals surface area contributed by atoms with Crippen LogP contribution >= 0.6 is 11.6 Å². The maximum atomic E-state index is 11.7. The Hall–Kier alpha value is -1.66. The van der Waals surface area contributed by atoms with Crippen LogP contribution in [0.2, 0.25) is 5.02 Å². The summed E-state index contributed by atoms with van der Waals surface area (Å²) >= 11 is 5.67. The van der Waals surface area contributed by atoms with Gasteiger partial charge in [-0.05, 0) is 31.0 Å². The second-order valence-corrected chi connectivity index (χ2v) is 4.02. The number of hydrogen-bond donors (Lipinski definition) is 2. The molecule has 3 nitrogen and oxygen atoms in total. The lowest BCUT2D eigenvalue weighted by Gasteiger charge is -2.06. The van der Waals surface area contributed by atoms with Gasteiger partial charge in [-0.15, -0.1) is 12.3 Å². The molecular weight excluding hydrogens is 238 g/mol. The first-order chi connectivity index (χ1) is 8.15. The lowest BCUT2D eigenvalue weighted by Crippen LogP contribution is -2.24. The number of rotatable bonds is 5. The summed E-state index contributed by atoms with van der Waals surface area (Å²) in [7, 11) is 0. The number of hydrogen-bond acceptors (Lipinski definition) is 2. The third-order valence-electron chi connectivity index (χ3n) is 2.24. The van der Waals surface area contributed by atoms with Crippen LogP contribution in [0.4, 0.5) is 0 Å². The minimum absolute atomic E-state index is 0.112. The number of phenolic OH excluding ortho intramolecular Hbond substituents is 1. The molecule has 0 aromatic heterocycles. The van der Waals surface area contributed by atoms with E-state index in [1.165, 1.54) is 12.1 Å². The summed E-state index contributed by atoms with van der Waals surface area (Å²) in [6.07, 6.45) is 7.53. The maximum Gasteiger partial charge on any atom is 0.255 e. The van der Waals surface area contributed by atoms with E-state index in [0.29, 0.717) is 18.0 Å². The van der Waals surface area contributed by atoms with Crippen molar-refractivity contribution < 1.29 is 9.90 Å². The molecule has 1 amide bonds. The van der Waals surface area contributed by atoms with Crippen LogP contribution in [-0.2, 0) is 0 Å². The van der Waals surface area contributed by atoms with E-state index in [2.05, 4.69) is 11.2 Å². The van der Waals surface area contributed by atoms with Crippen molar-refractivity contribution in [3.63, 3.8) is 0 Å². The van der Waals surface area contributed by atoms with Crippen molar-refractivity contribution >= 4 is 17.5 Å². The van der Waals surface area contributed by atoms with Crippen molar-refractivity contribution in [1.29, 1.82) is 0 Å². The van der Waals surface area contributed by atoms with Crippen LogP contribution in [0.3, 0.4) is 0 Å². The van der Waals surface area contributed by atoms with Gasteiger partial charge in [0, 0.05) is 18.0 Å². The van der Waals surface area contributed by atoms with Gasteiger partial charge in [-0.2, -0.15) is 0 Å². The highest BCUT2D eigenvalue weighted by Gasteiger charge is 2.10. The van der Waals surface area contributed by atoms with Crippen molar-refractivity contribution in [2.45, 2.75) is 19.3 Å². The highest BCUT2D eigenvalue weighted by molar-refractivity contribution is 6.30. The molecule has 0 unspecified atom stereocenters. The van der Waals surface area contributed by atoms with Gasteiger partial charge in [-0.3, -0.25) is 4.79 Å². The van der Waals surface area contributed by atoms with Crippen LogP contribution in [0.1, 0.15) is 29.6 Å². The molecule has 0 radical (unpaired) electrons. The zero-order chi connectivity index (χ0) is 12.7. The molecule has 90 valence electrons. The first-order valence-corrected chi connectivity index (χ1v) is 5.73. The second-order valence-electron chi connectivity index (χ2n) is 3.58. The fraction of sp³-hybridized carbons (Fsp3) is 0.308. The lowest BCUT2D eigenvalue weighted by molar-refractivity contribution is 0.0950. The van der Waals surface area contributed by atoms with Gasteiger partial charge in [0.25, 0.3) is 5.91 Å². The van der Waals surface area contributed by atoms with E-state index in [0.717, 1.165) is 12.8 Å². The van der Waals surface area contributed by atoms with Crippen molar-refractivity contribution in [1.82, 2.24) is 5.32 Å². The molecule has 0 aliphatic carbocycles. The summed E-state index contributed by atoms with van der Waals surface area (Å²) in [6.45, 7) is 0.544. The Labute approximate surface area is 106 Å². The number of benzene rings is 1. The molecule has 1 aromatic rings. The number of aromatic hydroxyl groups is 1. The Bertz CT molecular complexity index is 438. The molecule has 0 saturated heterocycles. The molecular formula is C13H14ClNO2. The normalized spacial score (nSPS) is 9.65. The van der Waals surface area contributed by atoms with Crippen molar-refractivity contribution in [2.75, 3.05) is 6.54 Å². The maximum absolute atomic E-state index is 11.7. The minimum Gasteiger partial charge on any atom is -0.507 e. The number of unbranched alkanes of at least 4 members (excludes halogenated alkanes) is 2. The van der Waals surface area contributed by atoms with E-state index in [1.807, 2.05) is 0 Å². The molecule has 4 heteroatoms. The van der Waals surface area contributed by atoms with E-state index in [9.17, 15) is 9.90 Å². The first kappa shape index (κ1) is 13.4. The molecule has 0 atom stereocenters. The van der Waals surface area contributed by atoms with E-state index >= 15 is 0 Å². The predicted molar refractivity (Wildman–Crippen MR) is 68.1 cm³/mol. The molecule has 1 aromatic carbocycles. The quantitative estimate of drug-likeness (QED) is 0.624. The number of halogens is 1. The van der Waals surface area contributed by atoms with Crippen molar-refractivity contribution in [2.24, 2.45) is 0 Å². The van der Waals surface area contributed by atoms with Crippen molar-refractivity contribution in [3.05, 3.63) is 28.8 Å². The summed E-state index contributed by atoms with van der Waals surface area (Å²) in [4.78, 5) is 11.7. The standard InChI is InChI=1S/C13H14ClNO2/c1-2-3-4-5-8-15-13(17)11-7-6-10(14)9-12(11)16/h1,6-7,9,16H,3-5,8H2,(H,15,17). The largest absolute Gasteiger partial charge is 0.507 e. The highest BCUT2D eigenvalue weighted by atomic mass is 35.5. The van der Waals surface area contributed by atoms with Crippen LogP contribution < -0.4 is 5.32 Å². The average Bonchev–Trinajstić information content (AvgIpc) is 2.28. The van der Waals surface area contributed by atoms with Gasteiger partial charge >= 0.3 is 0 Å². The zero-order valence-electron chi connectivity index (χ0n) is 9.37. The first-order valence-electron chi connectivity index (χ1n) is 5.35. The Morgan fingerprint density at radius 1 is 1.47 bits per heavy atom. The van der Waals surface area contributed by atoms with Crippen LogP contribution in [0.15, 0.2) is 18.2 Å². The summed E-state index contributed by atoms with van der Waals surface area (Å²) in [6, 6.07) is 4.40. The number of carbonyl (C=O) groups excluding carboxylic acids is 1. The van der Waals surface area contributed by atoms with E-state index in [4.69, 9.17) is 18.0 Å². The monoisotopic (exact) mass is 251 g/mol. The summed E-state index contributed by atoms with van der Waals surface area (Å²) in [5.74, 6) is 2.12. The van der Waals surface area contributed by atoms with Gasteiger partial charge < -0.3 is 10.4 Å². The van der Waals surface area contributed by atoms with E-state index < -0.39 is 0 Å². The van der Waals surface area contributed by atoms with Crippen LogP contribution in [0.25, 0.3) is 0 Å². The Balaban J connectivity index is 2.45. The minimum atomic E-state index is -0.306. The molecule has 0 heterocycles. The number of nitrogens with one attached hydrogen (secondary N) is 1. The third-order valence-corrected chi connectivity index (χ3v) is 2.47. The molecule has 0 aliphatic rings. The highest BCUT2D eigenvalue weighted by Crippen LogP contribution is 2.21. The second kappa shape index (κ2) is 6.82. The Morgan fingerprint density at radius 3 is 2.88 bits per heavy atom. The van der Waals surface area contributed by atoms with Crippen LogP contribution in [0.5, 0.6) is 5.75 Å². The van der Waals surface area contributed by atoms with Crippen LogP contribution in [-0.4, -0.2) is 17.6 Å². The summed E-state index contributed by atoms with van der Waals surface area (Å²) in [5.41, 5.74) is 0.228. The molecule has 0 fully saturated rings. The van der Waals surface area contributed by atoms with Gasteiger partial charge in [0.05, 0.1) is 5.56 Å². The predicted octanol–water partition coefficient (Wildman–Crippen LogP) is 2.58. The smallest absolute Gasteiger partial charge is 0.255 e. The lowest BCUT2D eigenvalue weighted by atomic mass is 10.2. The molecule has 0 bridgehead atoms. The molecule has 17 heavy (non-hydrogen) atoms. The van der Waals surface area contributed by atoms with E-state index in [-0.39, 0.29) is 17.2 Å². The van der Waals surface area contributed by atoms with Gasteiger partial charge in [-0.25, -0.2) is 0 Å². The van der Waals surface area contributed by atoms with Gasteiger partial charge in [0.2, 0.25) is 0 Å². The molecule has 0 saturated carbocycles. The third kappa shape index (κ3) is 4.38. The topological polar surface area (TPSA) is 49.3 Å². The van der Waals surface area contributed by atoms with Crippen molar-refractivity contribution in [3.8, 4) is 18.1 Å². The number of terminal acetylenes is 1.